The smallest absolute Gasteiger partial charge is 0.311 e. The molecule has 0 radical (unpaired) electrons. The van der Waals surface area contributed by atoms with Crippen LogP contribution in [0.4, 0.5) is 0 Å². The van der Waals surface area contributed by atoms with Gasteiger partial charge in [0.25, 0.3) is 0 Å². The Hall–Kier alpha value is -1.38. The molecule has 0 aliphatic carbocycles. The number of hydrogen-bond donors (Lipinski definition) is 1. The van der Waals surface area contributed by atoms with Crippen LogP contribution in [-0.4, -0.2) is 16.1 Å². The highest BCUT2D eigenvalue weighted by Gasteiger charge is 2.23. The van der Waals surface area contributed by atoms with Gasteiger partial charge in [0.15, 0.2) is 0 Å². The second-order valence-corrected chi connectivity index (χ2v) is 4.24. The highest BCUT2D eigenvalue weighted by molar-refractivity contribution is 5.76. The number of carboxylic acid groups (broad SMARTS) is 1. The van der Waals surface area contributed by atoms with Gasteiger partial charge in [-0.3, -0.25) is 9.78 Å². The quantitative estimate of drug-likeness (QED) is 0.828. The number of aliphatic carboxylic acids is 1. The molecule has 0 saturated carbocycles. The first-order valence-corrected chi connectivity index (χ1v) is 5.10. The topological polar surface area (TPSA) is 50.2 Å². The number of hydrogen-bond acceptors (Lipinski definition) is 2. The molecule has 82 valence electrons. The van der Waals surface area contributed by atoms with Crippen LogP contribution >= 0.6 is 0 Å². The summed E-state index contributed by atoms with van der Waals surface area (Å²) in [5.74, 6) is -1.12. The molecule has 0 aliphatic heterocycles. The minimum atomic E-state index is -0.769. The zero-order valence-electron chi connectivity index (χ0n) is 9.61. The van der Waals surface area contributed by atoms with E-state index < -0.39 is 11.9 Å². The number of pyridine rings is 1. The lowest BCUT2D eigenvalue weighted by atomic mass is 9.88. The van der Waals surface area contributed by atoms with Crippen molar-refractivity contribution in [3.63, 3.8) is 0 Å². The first-order valence-electron chi connectivity index (χ1n) is 5.10. The maximum Gasteiger partial charge on any atom is 0.311 e. The molecule has 1 rings (SSSR count). The highest BCUT2D eigenvalue weighted by atomic mass is 16.4. The Balaban J connectivity index is 3.17. The number of nitrogens with zero attached hydrogens (tertiary/aromatic N) is 1. The number of carbonyl (C=O) groups is 1. The monoisotopic (exact) mass is 207 g/mol. The van der Waals surface area contributed by atoms with Crippen LogP contribution < -0.4 is 0 Å². The van der Waals surface area contributed by atoms with Crippen molar-refractivity contribution in [1.29, 1.82) is 0 Å². The van der Waals surface area contributed by atoms with Gasteiger partial charge in [0.2, 0.25) is 0 Å². The lowest BCUT2D eigenvalue weighted by Crippen LogP contribution is -2.18. The average Bonchev–Trinajstić information content (AvgIpc) is 1.99. The summed E-state index contributed by atoms with van der Waals surface area (Å²) < 4.78 is 0. The molecule has 0 spiro atoms. The Labute approximate surface area is 90.2 Å². The van der Waals surface area contributed by atoms with E-state index in [0.29, 0.717) is 0 Å². The molecular formula is C12H17NO2. The van der Waals surface area contributed by atoms with E-state index in [1.807, 2.05) is 39.8 Å². The van der Waals surface area contributed by atoms with Gasteiger partial charge in [0.05, 0.1) is 5.92 Å². The van der Waals surface area contributed by atoms with Crippen LogP contribution in [0.5, 0.6) is 0 Å². The predicted molar refractivity (Wildman–Crippen MR) is 58.9 cm³/mol. The van der Waals surface area contributed by atoms with Crippen LogP contribution in [-0.2, 0) is 4.79 Å². The van der Waals surface area contributed by atoms with Gasteiger partial charge >= 0.3 is 5.97 Å². The van der Waals surface area contributed by atoms with Crippen molar-refractivity contribution in [3.8, 4) is 0 Å². The van der Waals surface area contributed by atoms with Crippen molar-refractivity contribution in [3.05, 3.63) is 29.1 Å². The number of carboxylic acids is 1. The summed E-state index contributed by atoms with van der Waals surface area (Å²) in [4.78, 5) is 15.4. The van der Waals surface area contributed by atoms with Crippen molar-refractivity contribution >= 4 is 5.97 Å². The maximum atomic E-state index is 11.1. The number of aromatic nitrogens is 1. The zero-order chi connectivity index (χ0) is 11.6. The molecule has 3 nitrogen and oxygen atoms in total. The second-order valence-electron chi connectivity index (χ2n) is 4.24. The predicted octanol–water partition coefficient (Wildman–Crippen LogP) is 2.52. The molecule has 0 amide bonds. The van der Waals surface area contributed by atoms with Gasteiger partial charge in [0.1, 0.15) is 0 Å². The van der Waals surface area contributed by atoms with Crippen molar-refractivity contribution in [2.45, 2.75) is 33.6 Å². The molecule has 15 heavy (non-hydrogen) atoms. The SMILES string of the molecule is Cc1cc(C(C(=O)O)C(C)C)cc(C)n1. The third-order valence-corrected chi connectivity index (χ3v) is 2.40. The van der Waals surface area contributed by atoms with E-state index in [1.54, 1.807) is 0 Å². The van der Waals surface area contributed by atoms with E-state index in [0.717, 1.165) is 17.0 Å². The van der Waals surface area contributed by atoms with Gasteiger partial charge in [-0.2, -0.15) is 0 Å². The Morgan fingerprint density at radius 1 is 1.27 bits per heavy atom. The van der Waals surface area contributed by atoms with E-state index in [4.69, 9.17) is 5.11 Å². The van der Waals surface area contributed by atoms with E-state index in [-0.39, 0.29) is 5.92 Å². The van der Waals surface area contributed by atoms with Gasteiger partial charge < -0.3 is 5.11 Å². The Morgan fingerprint density at radius 2 is 1.73 bits per heavy atom. The summed E-state index contributed by atoms with van der Waals surface area (Å²) in [6, 6.07) is 3.71. The summed E-state index contributed by atoms with van der Waals surface area (Å²) in [6.45, 7) is 7.61. The third kappa shape index (κ3) is 2.78. The van der Waals surface area contributed by atoms with Crippen molar-refractivity contribution in [1.82, 2.24) is 4.98 Å². The highest BCUT2D eigenvalue weighted by Crippen LogP contribution is 2.25. The van der Waals surface area contributed by atoms with Crippen LogP contribution in [0.25, 0.3) is 0 Å². The van der Waals surface area contributed by atoms with Gasteiger partial charge in [-0.1, -0.05) is 13.8 Å². The molecule has 0 bridgehead atoms. The van der Waals surface area contributed by atoms with Crippen molar-refractivity contribution < 1.29 is 9.90 Å². The van der Waals surface area contributed by atoms with E-state index in [1.165, 1.54) is 0 Å². The molecule has 1 aromatic heterocycles. The molecule has 1 heterocycles. The molecule has 3 heteroatoms. The van der Waals surface area contributed by atoms with Crippen LogP contribution in [0.15, 0.2) is 12.1 Å². The molecular weight excluding hydrogens is 190 g/mol. The molecule has 1 aromatic rings. The molecule has 0 aliphatic rings. The minimum Gasteiger partial charge on any atom is -0.481 e. The van der Waals surface area contributed by atoms with Crippen LogP contribution in [0.2, 0.25) is 0 Å². The first-order chi connectivity index (χ1) is 6.91. The molecule has 0 fully saturated rings. The summed E-state index contributed by atoms with van der Waals surface area (Å²) >= 11 is 0. The van der Waals surface area contributed by atoms with Crippen molar-refractivity contribution in [2.24, 2.45) is 5.92 Å². The Bertz CT molecular complexity index is 352. The van der Waals surface area contributed by atoms with Crippen LogP contribution in [0.3, 0.4) is 0 Å². The van der Waals surface area contributed by atoms with Crippen molar-refractivity contribution in [2.75, 3.05) is 0 Å². The lowest BCUT2D eigenvalue weighted by Gasteiger charge is -2.17. The number of aryl methyl sites for hydroxylation is 2. The average molecular weight is 207 g/mol. The molecule has 1 unspecified atom stereocenters. The molecule has 1 atom stereocenters. The van der Waals surface area contributed by atoms with Crippen LogP contribution in [0.1, 0.15) is 36.7 Å². The Kier molecular flexibility index (Phi) is 3.45. The van der Waals surface area contributed by atoms with E-state index in [2.05, 4.69) is 4.98 Å². The zero-order valence-corrected chi connectivity index (χ0v) is 9.61. The van der Waals surface area contributed by atoms with Gasteiger partial charge in [-0.15, -0.1) is 0 Å². The third-order valence-electron chi connectivity index (χ3n) is 2.40. The van der Waals surface area contributed by atoms with E-state index in [9.17, 15) is 4.79 Å². The molecule has 0 aromatic carbocycles. The van der Waals surface area contributed by atoms with Gasteiger partial charge in [-0.25, -0.2) is 0 Å². The van der Waals surface area contributed by atoms with E-state index >= 15 is 0 Å². The molecule has 1 N–H and O–H groups in total. The summed E-state index contributed by atoms with van der Waals surface area (Å²) in [7, 11) is 0. The fourth-order valence-electron chi connectivity index (χ4n) is 1.86. The normalized spacial score (nSPS) is 12.9. The largest absolute Gasteiger partial charge is 0.481 e. The number of rotatable bonds is 3. The Morgan fingerprint density at radius 3 is 2.07 bits per heavy atom. The maximum absolute atomic E-state index is 11.1. The van der Waals surface area contributed by atoms with Crippen LogP contribution in [0, 0.1) is 19.8 Å². The fourth-order valence-corrected chi connectivity index (χ4v) is 1.86. The lowest BCUT2D eigenvalue weighted by molar-refractivity contribution is -0.139. The second kappa shape index (κ2) is 4.43. The van der Waals surface area contributed by atoms with Gasteiger partial charge in [-0.05, 0) is 37.5 Å². The minimum absolute atomic E-state index is 0.0868. The standard InChI is InChI=1S/C12H17NO2/c1-7(2)11(12(14)15)10-5-8(3)13-9(4)6-10/h5-7,11H,1-4H3,(H,14,15). The summed E-state index contributed by atoms with van der Waals surface area (Å²) in [5.41, 5.74) is 2.59. The molecule has 0 saturated heterocycles. The first kappa shape index (κ1) is 11.7. The summed E-state index contributed by atoms with van der Waals surface area (Å²) in [6.07, 6.45) is 0. The van der Waals surface area contributed by atoms with Gasteiger partial charge in [0, 0.05) is 11.4 Å². The summed E-state index contributed by atoms with van der Waals surface area (Å²) in [5, 5.41) is 9.16. The fraction of sp³-hybridized carbons (Fsp3) is 0.500.